The Morgan fingerprint density at radius 2 is 1.92 bits per heavy atom. The van der Waals surface area contributed by atoms with Crippen LogP contribution in [0, 0.1) is 5.82 Å². The summed E-state index contributed by atoms with van der Waals surface area (Å²) >= 11 is 1.35. The van der Waals surface area contributed by atoms with Crippen molar-refractivity contribution in [2.45, 2.75) is 13.2 Å². The number of piperazine rings is 1. The molecule has 8 nitrogen and oxygen atoms in total. The van der Waals surface area contributed by atoms with E-state index in [2.05, 4.69) is 30.1 Å². The smallest absolute Gasteiger partial charge is 0.257 e. The molecule has 2 aromatic heterocycles. The molecule has 36 heavy (non-hydrogen) atoms. The number of benzene rings is 2. The number of carbonyl (C=O) groups is 1. The number of thiazole rings is 1. The van der Waals surface area contributed by atoms with E-state index in [0.29, 0.717) is 28.6 Å². The van der Waals surface area contributed by atoms with Gasteiger partial charge in [0.15, 0.2) is 5.13 Å². The summed E-state index contributed by atoms with van der Waals surface area (Å²) in [5.74, 6) is 0.798. The van der Waals surface area contributed by atoms with E-state index in [1.54, 1.807) is 54.4 Å². The molecular formula is C26H25FN6O2S. The van der Waals surface area contributed by atoms with Gasteiger partial charge in [-0.2, -0.15) is 0 Å². The highest BCUT2D eigenvalue weighted by molar-refractivity contribution is 7.13. The fraction of sp³-hybridized carbons (Fsp3) is 0.231. The molecule has 0 spiro atoms. The molecule has 10 heteroatoms. The van der Waals surface area contributed by atoms with Gasteiger partial charge in [0.2, 0.25) is 0 Å². The van der Waals surface area contributed by atoms with Crippen LogP contribution in [0.25, 0.3) is 0 Å². The summed E-state index contributed by atoms with van der Waals surface area (Å²) in [5.41, 5.74) is 1.86. The van der Waals surface area contributed by atoms with Crippen molar-refractivity contribution >= 4 is 28.2 Å². The van der Waals surface area contributed by atoms with Gasteiger partial charge in [-0.3, -0.25) is 20.0 Å². The van der Waals surface area contributed by atoms with Gasteiger partial charge < -0.3 is 9.64 Å². The lowest BCUT2D eigenvalue weighted by atomic mass is 10.1. The first-order valence-electron chi connectivity index (χ1n) is 11.6. The van der Waals surface area contributed by atoms with Crippen molar-refractivity contribution in [2.75, 3.05) is 36.4 Å². The van der Waals surface area contributed by atoms with Crippen molar-refractivity contribution in [1.82, 2.24) is 19.9 Å². The Balaban J connectivity index is 1.30. The number of nitrogens with zero attached hydrogens (tertiary/aromatic N) is 5. The van der Waals surface area contributed by atoms with Crippen molar-refractivity contribution in [1.29, 1.82) is 0 Å². The fourth-order valence-electron chi connectivity index (χ4n) is 4.05. The molecule has 0 bridgehead atoms. The summed E-state index contributed by atoms with van der Waals surface area (Å²) in [6.45, 7) is 4.08. The van der Waals surface area contributed by atoms with Gasteiger partial charge in [-0.15, -0.1) is 11.3 Å². The van der Waals surface area contributed by atoms with E-state index in [9.17, 15) is 9.18 Å². The van der Waals surface area contributed by atoms with Gasteiger partial charge in [-0.05, 0) is 29.8 Å². The highest BCUT2D eigenvalue weighted by atomic mass is 32.1. The SMILES string of the molecule is O=C(Nc1nccs1)c1cc(CN2CCN(c3cnccn3)CC2)cc(OCc2ccccc2F)c1. The third-order valence-corrected chi connectivity index (χ3v) is 6.57. The van der Waals surface area contributed by atoms with Gasteiger partial charge in [-0.25, -0.2) is 14.4 Å². The number of aromatic nitrogens is 3. The van der Waals surface area contributed by atoms with E-state index in [-0.39, 0.29) is 18.3 Å². The molecule has 0 atom stereocenters. The zero-order chi connectivity index (χ0) is 24.7. The molecule has 2 aromatic carbocycles. The topological polar surface area (TPSA) is 83.5 Å². The summed E-state index contributed by atoms with van der Waals surface area (Å²) in [6, 6.07) is 12.0. The number of halogens is 1. The fourth-order valence-corrected chi connectivity index (χ4v) is 4.57. The van der Waals surface area contributed by atoms with E-state index in [1.807, 2.05) is 12.1 Å². The molecule has 1 aliphatic heterocycles. The number of hydrogen-bond acceptors (Lipinski definition) is 8. The average Bonchev–Trinajstić information content (AvgIpc) is 3.42. The summed E-state index contributed by atoms with van der Waals surface area (Å²) in [6.07, 6.45) is 6.79. The third-order valence-electron chi connectivity index (χ3n) is 5.89. The molecule has 1 aliphatic rings. The van der Waals surface area contributed by atoms with E-state index in [4.69, 9.17) is 4.74 Å². The standard InChI is InChI=1S/C26H25FN6O2S/c27-23-4-2-1-3-20(23)18-35-22-14-19(13-21(15-22)25(34)31-26-30-7-12-36-26)17-32-8-10-33(11-9-32)24-16-28-5-6-29-24/h1-7,12-16H,8-11,17-18H2,(H,30,31,34). The quantitative estimate of drug-likeness (QED) is 0.385. The van der Waals surface area contributed by atoms with E-state index in [0.717, 1.165) is 37.6 Å². The Bertz CT molecular complexity index is 1300. The molecular weight excluding hydrogens is 479 g/mol. The molecule has 5 rings (SSSR count). The molecule has 1 amide bonds. The van der Waals surface area contributed by atoms with Gasteiger partial charge >= 0.3 is 0 Å². The Labute approximate surface area is 212 Å². The van der Waals surface area contributed by atoms with Crippen LogP contribution in [0.15, 0.2) is 72.6 Å². The molecule has 0 aliphatic carbocycles. The Morgan fingerprint density at radius 1 is 1.06 bits per heavy atom. The second-order valence-corrected chi connectivity index (χ2v) is 9.26. The van der Waals surface area contributed by atoms with Crippen molar-refractivity contribution in [3.63, 3.8) is 0 Å². The van der Waals surface area contributed by atoms with Gasteiger partial charge in [0.25, 0.3) is 5.91 Å². The summed E-state index contributed by atoms with van der Waals surface area (Å²) in [7, 11) is 0. The van der Waals surface area contributed by atoms with Crippen LogP contribution in [0.3, 0.4) is 0 Å². The third kappa shape index (κ3) is 6.02. The number of rotatable bonds is 8. The summed E-state index contributed by atoms with van der Waals surface area (Å²) in [4.78, 5) is 30.2. The van der Waals surface area contributed by atoms with Crippen LogP contribution < -0.4 is 15.0 Å². The number of amides is 1. The number of carbonyl (C=O) groups excluding carboxylic acids is 1. The minimum absolute atomic E-state index is 0.0699. The van der Waals surface area contributed by atoms with Crippen LogP contribution >= 0.6 is 11.3 Å². The lowest BCUT2D eigenvalue weighted by molar-refractivity contribution is 0.102. The lowest BCUT2D eigenvalue weighted by Gasteiger charge is -2.35. The van der Waals surface area contributed by atoms with Gasteiger partial charge in [0.05, 0.1) is 6.20 Å². The van der Waals surface area contributed by atoms with Gasteiger partial charge in [-0.1, -0.05) is 18.2 Å². The molecule has 0 radical (unpaired) electrons. The second kappa shape index (κ2) is 11.2. The Hall–Kier alpha value is -3.89. The molecule has 0 saturated carbocycles. The zero-order valence-corrected chi connectivity index (χ0v) is 20.3. The molecule has 184 valence electrons. The summed E-state index contributed by atoms with van der Waals surface area (Å²) in [5, 5.41) is 5.15. The number of hydrogen-bond donors (Lipinski definition) is 1. The predicted molar refractivity (Wildman–Crippen MR) is 137 cm³/mol. The van der Waals surface area contributed by atoms with E-state index in [1.165, 1.54) is 17.4 Å². The van der Waals surface area contributed by atoms with Crippen LogP contribution in [-0.2, 0) is 13.2 Å². The molecule has 1 fully saturated rings. The van der Waals surface area contributed by atoms with Gasteiger partial charge in [0.1, 0.15) is 24.0 Å². The Morgan fingerprint density at radius 3 is 2.67 bits per heavy atom. The van der Waals surface area contributed by atoms with Crippen LogP contribution in [-0.4, -0.2) is 51.9 Å². The normalized spacial score (nSPS) is 14.0. The highest BCUT2D eigenvalue weighted by Gasteiger charge is 2.19. The van der Waals surface area contributed by atoms with E-state index < -0.39 is 0 Å². The monoisotopic (exact) mass is 504 g/mol. The molecule has 4 aromatic rings. The second-order valence-electron chi connectivity index (χ2n) is 8.36. The molecule has 1 saturated heterocycles. The first-order chi connectivity index (χ1) is 17.6. The van der Waals surface area contributed by atoms with E-state index >= 15 is 0 Å². The van der Waals surface area contributed by atoms with Crippen molar-refractivity contribution in [2.24, 2.45) is 0 Å². The van der Waals surface area contributed by atoms with Crippen molar-refractivity contribution in [3.05, 3.63) is 95.1 Å². The molecule has 1 N–H and O–H groups in total. The lowest BCUT2D eigenvalue weighted by Crippen LogP contribution is -2.46. The van der Waals surface area contributed by atoms with Crippen LogP contribution in [0.4, 0.5) is 15.3 Å². The van der Waals surface area contributed by atoms with Crippen LogP contribution in [0.5, 0.6) is 5.75 Å². The highest BCUT2D eigenvalue weighted by Crippen LogP contribution is 2.23. The Kier molecular flexibility index (Phi) is 7.44. The van der Waals surface area contributed by atoms with Crippen molar-refractivity contribution < 1.29 is 13.9 Å². The minimum Gasteiger partial charge on any atom is -0.489 e. The molecule has 3 heterocycles. The molecule has 0 unspecified atom stereocenters. The average molecular weight is 505 g/mol. The number of nitrogens with one attached hydrogen (secondary N) is 1. The first kappa shape index (κ1) is 23.8. The van der Waals surface area contributed by atoms with Crippen LogP contribution in [0.1, 0.15) is 21.5 Å². The predicted octanol–water partition coefficient (Wildman–Crippen LogP) is 4.23. The first-order valence-corrected chi connectivity index (χ1v) is 12.5. The maximum Gasteiger partial charge on any atom is 0.257 e. The maximum atomic E-state index is 14.1. The largest absolute Gasteiger partial charge is 0.489 e. The van der Waals surface area contributed by atoms with Crippen LogP contribution in [0.2, 0.25) is 0 Å². The zero-order valence-electron chi connectivity index (χ0n) is 19.5. The number of ether oxygens (including phenoxy) is 1. The number of anilines is 2. The van der Waals surface area contributed by atoms with Gasteiger partial charge in [0, 0.05) is 67.8 Å². The minimum atomic E-state index is -0.323. The summed E-state index contributed by atoms with van der Waals surface area (Å²) < 4.78 is 20.0. The van der Waals surface area contributed by atoms with Crippen molar-refractivity contribution in [3.8, 4) is 5.75 Å². The maximum absolute atomic E-state index is 14.1.